The lowest BCUT2D eigenvalue weighted by Crippen LogP contribution is -2.49. The topological polar surface area (TPSA) is 67.9 Å². The smallest absolute Gasteiger partial charge is 0.261 e. The third kappa shape index (κ3) is 6.54. The molecule has 1 atom stereocenters. The Bertz CT molecular complexity index is 843. The fourth-order valence-corrected chi connectivity index (χ4v) is 3.11. The van der Waals surface area contributed by atoms with Crippen molar-refractivity contribution in [2.75, 3.05) is 20.3 Å². The molecule has 1 N–H and O–H groups in total. The molecule has 2 rings (SSSR count). The molecular weight excluding hydrogens is 415 g/mol. The van der Waals surface area contributed by atoms with E-state index in [-0.39, 0.29) is 25.0 Å². The number of rotatable bonds is 9. The number of hydrogen-bond donors (Lipinski definition) is 1. The van der Waals surface area contributed by atoms with E-state index in [1.165, 1.54) is 4.90 Å². The first-order chi connectivity index (χ1) is 13.8. The van der Waals surface area contributed by atoms with Gasteiger partial charge < -0.3 is 19.7 Å². The fourth-order valence-electron chi connectivity index (χ4n) is 2.64. The predicted octanol–water partition coefficient (Wildman–Crippen LogP) is 3.93. The minimum absolute atomic E-state index is 0.152. The van der Waals surface area contributed by atoms with Crippen molar-refractivity contribution in [3.63, 3.8) is 0 Å². The molecule has 8 heteroatoms. The number of carbonyl (C=O) groups excluding carboxylic acids is 2. The third-order valence-electron chi connectivity index (χ3n) is 4.30. The fraction of sp³-hybridized carbons (Fsp3) is 0.333. The zero-order valence-corrected chi connectivity index (χ0v) is 18.1. The van der Waals surface area contributed by atoms with Crippen LogP contribution in [0.25, 0.3) is 0 Å². The summed E-state index contributed by atoms with van der Waals surface area (Å²) in [6.07, 6.45) is 0. The van der Waals surface area contributed by atoms with Crippen LogP contribution in [0.15, 0.2) is 42.5 Å². The highest BCUT2D eigenvalue weighted by Gasteiger charge is 2.26. The summed E-state index contributed by atoms with van der Waals surface area (Å²) in [5.41, 5.74) is 0.685. The summed E-state index contributed by atoms with van der Waals surface area (Å²) in [6.45, 7) is 3.88. The molecule has 0 aliphatic rings. The maximum atomic E-state index is 12.9. The van der Waals surface area contributed by atoms with Gasteiger partial charge in [-0.1, -0.05) is 29.3 Å². The summed E-state index contributed by atoms with van der Waals surface area (Å²) in [4.78, 5) is 26.7. The first-order valence-corrected chi connectivity index (χ1v) is 9.89. The van der Waals surface area contributed by atoms with Crippen molar-refractivity contribution in [3.8, 4) is 11.5 Å². The van der Waals surface area contributed by atoms with Crippen LogP contribution in [0.4, 0.5) is 0 Å². The van der Waals surface area contributed by atoms with E-state index in [1.54, 1.807) is 56.5 Å². The van der Waals surface area contributed by atoms with Gasteiger partial charge in [0.25, 0.3) is 5.91 Å². The Morgan fingerprint density at radius 2 is 1.76 bits per heavy atom. The molecule has 0 radical (unpaired) electrons. The van der Waals surface area contributed by atoms with Gasteiger partial charge in [0.15, 0.2) is 6.61 Å². The van der Waals surface area contributed by atoms with Crippen LogP contribution in [0, 0.1) is 0 Å². The number of hydrogen-bond acceptors (Lipinski definition) is 4. The molecule has 0 aromatic heterocycles. The van der Waals surface area contributed by atoms with Crippen molar-refractivity contribution in [3.05, 3.63) is 58.1 Å². The van der Waals surface area contributed by atoms with Gasteiger partial charge in [0, 0.05) is 23.1 Å². The number of methoxy groups -OCH3 is 1. The summed E-state index contributed by atoms with van der Waals surface area (Å²) in [5, 5.41) is 3.66. The molecule has 0 unspecified atom stereocenters. The maximum Gasteiger partial charge on any atom is 0.261 e. The zero-order valence-electron chi connectivity index (χ0n) is 16.6. The van der Waals surface area contributed by atoms with Gasteiger partial charge >= 0.3 is 0 Å². The molecule has 0 saturated heterocycles. The number of nitrogens with zero attached hydrogens (tertiary/aromatic N) is 1. The molecule has 0 heterocycles. The lowest BCUT2D eigenvalue weighted by atomic mass is 10.1. The molecular formula is C21H24Cl2N2O4. The molecule has 0 aliphatic carbocycles. The molecule has 6 nitrogen and oxygen atoms in total. The zero-order chi connectivity index (χ0) is 21.4. The van der Waals surface area contributed by atoms with Crippen molar-refractivity contribution in [2.24, 2.45) is 0 Å². The minimum Gasteiger partial charge on any atom is -0.497 e. The monoisotopic (exact) mass is 438 g/mol. The Hall–Kier alpha value is -2.44. The summed E-state index contributed by atoms with van der Waals surface area (Å²) >= 11 is 12.2. The van der Waals surface area contributed by atoms with Gasteiger partial charge in [-0.2, -0.15) is 0 Å². The lowest BCUT2D eigenvalue weighted by molar-refractivity contribution is -0.142. The van der Waals surface area contributed by atoms with E-state index in [4.69, 9.17) is 32.7 Å². The Morgan fingerprint density at radius 3 is 2.34 bits per heavy atom. The van der Waals surface area contributed by atoms with Gasteiger partial charge in [-0.15, -0.1) is 0 Å². The molecule has 156 valence electrons. The highest BCUT2D eigenvalue weighted by atomic mass is 35.5. The number of halogens is 2. The molecule has 29 heavy (non-hydrogen) atoms. The highest BCUT2D eigenvalue weighted by Crippen LogP contribution is 2.23. The van der Waals surface area contributed by atoms with Crippen molar-refractivity contribution < 1.29 is 19.1 Å². The van der Waals surface area contributed by atoms with Gasteiger partial charge in [-0.3, -0.25) is 9.59 Å². The third-order valence-corrected chi connectivity index (χ3v) is 4.88. The average molecular weight is 439 g/mol. The molecule has 0 saturated carbocycles. The van der Waals surface area contributed by atoms with E-state index in [0.29, 0.717) is 33.7 Å². The number of carbonyl (C=O) groups is 2. The van der Waals surface area contributed by atoms with E-state index in [2.05, 4.69) is 5.32 Å². The first kappa shape index (κ1) is 22.8. The van der Waals surface area contributed by atoms with Gasteiger partial charge in [0.05, 0.1) is 7.11 Å². The van der Waals surface area contributed by atoms with E-state index < -0.39 is 6.04 Å². The Kier molecular flexibility index (Phi) is 8.61. The summed E-state index contributed by atoms with van der Waals surface area (Å²) in [7, 11) is 1.57. The Balaban J connectivity index is 2.15. The van der Waals surface area contributed by atoms with E-state index in [1.807, 2.05) is 6.92 Å². The normalized spacial score (nSPS) is 11.5. The summed E-state index contributed by atoms with van der Waals surface area (Å²) < 4.78 is 10.7. The van der Waals surface area contributed by atoms with Gasteiger partial charge in [0.1, 0.15) is 17.5 Å². The van der Waals surface area contributed by atoms with Crippen LogP contribution < -0.4 is 14.8 Å². The van der Waals surface area contributed by atoms with E-state index >= 15 is 0 Å². The number of nitrogens with one attached hydrogen (secondary N) is 1. The van der Waals surface area contributed by atoms with Gasteiger partial charge in [-0.05, 0) is 55.8 Å². The molecule has 0 spiro atoms. The SMILES string of the molecule is CCNC(=O)[C@H](C)N(Cc1ccc(Cl)cc1Cl)C(=O)COc1ccc(OC)cc1. The van der Waals surface area contributed by atoms with Crippen molar-refractivity contribution in [1.29, 1.82) is 0 Å². The van der Waals surface area contributed by atoms with Crippen LogP contribution in [0.2, 0.25) is 10.0 Å². The van der Waals surface area contributed by atoms with E-state index in [9.17, 15) is 9.59 Å². The number of benzene rings is 2. The maximum absolute atomic E-state index is 12.9. The predicted molar refractivity (Wildman–Crippen MR) is 114 cm³/mol. The van der Waals surface area contributed by atoms with Crippen LogP contribution >= 0.6 is 23.2 Å². The second-order valence-corrected chi connectivity index (χ2v) is 7.14. The molecule has 2 aromatic carbocycles. The lowest BCUT2D eigenvalue weighted by Gasteiger charge is -2.29. The molecule has 0 fully saturated rings. The standard InChI is InChI=1S/C21H24Cl2N2O4/c1-4-24-21(27)14(2)25(12-15-5-6-16(22)11-19(15)23)20(26)13-29-18-9-7-17(28-3)8-10-18/h5-11,14H,4,12-13H2,1-3H3,(H,24,27)/t14-/m0/s1. The van der Waals surface area contributed by atoms with Crippen LogP contribution in [0.5, 0.6) is 11.5 Å². The first-order valence-electron chi connectivity index (χ1n) is 9.13. The second-order valence-electron chi connectivity index (χ2n) is 6.29. The van der Waals surface area contributed by atoms with Crippen LogP contribution in [0.3, 0.4) is 0 Å². The number of amides is 2. The van der Waals surface area contributed by atoms with Crippen LogP contribution in [0.1, 0.15) is 19.4 Å². The molecule has 0 aliphatic heterocycles. The van der Waals surface area contributed by atoms with Crippen molar-refractivity contribution in [2.45, 2.75) is 26.4 Å². The van der Waals surface area contributed by atoms with Crippen molar-refractivity contribution in [1.82, 2.24) is 10.2 Å². The quantitative estimate of drug-likeness (QED) is 0.643. The highest BCUT2D eigenvalue weighted by molar-refractivity contribution is 6.35. The number of ether oxygens (including phenoxy) is 2. The van der Waals surface area contributed by atoms with Gasteiger partial charge in [-0.25, -0.2) is 0 Å². The van der Waals surface area contributed by atoms with Crippen LogP contribution in [-0.4, -0.2) is 43.0 Å². The van der Waals surface area contributed by atoms with Crippen molar-refractivity contribution >= 4 is 35.0 Å². The van der Waals surface area contributed by atoms with E-state index in [0.717, 1.165) is 0 Å². The molecule has 2 aromatic rings. The summed E-state index contributed by atoms with van der Waals surface area (Å²) in [5.74, 6) is 0.614. The summed E-state index contributed by atoms with van der Waals surface area (Å²) in [6, 6.07) is 11.2. The van der Waals surface area contributed by atoms with Gasteiger partial charge in [0.2, 0.25) is 5.91 Å². The second kappa shape index (κ2) is 10.9. The number of likely N-dealkylation sites (N-methyl/N-ethyl adjacent to an activating group) is 1. The molecule has 0 bridgehead atoms. The average Bonchev–Trinajstić information content (AvgIpc) is 2.71. The largest absolute Gasteiger partial charge is 0.497 e. The molecule has 2 amide bonds. The van der Waals surface area contributed by atoms with Crippen LogP contribution in [-0.2, 0) is 16.1 Å². The Labute approximate surface area is 180 Å². The Morgan fingerprint density at radius 1 is 1.10 bits per heavy atom. The minimum atomic E-state index is -0.700.